The maximum absolute atomic E-state index is 11.6. The van der Waals surface area contributed by atoms with Gasteiger partial charge in [-0.15, -0.1) is 0 Å². The summed E-state index contributed by atoms with van der Waals surface area (Å²) < 4.78 is 4.73. The Morgan fingerprint density at radius 3 is 2.83 bits per heavy atom. The molecule has 0 atom stereocenters. The molecule has 94 valence electrons. The molecule has 6 heteroatoms. The molecule has 18 heavy (non-hydrogen) atoms. The van der Waals surface area contributed by atoms with Gasteiger partial charge in [0.2, 0.25) is 0 Å². The van der Waals surface area contributed by atoms with Gasteiger partial charge in [0, 0.05) is 6.20 Å². The fourth-order valence-corrected chi connectivity index (χ4v) is 1.65. The molecule has 0 fully saturated rings. The largest absolute Gasteiger partial charge is 0.465 e. The highest BCUT2D eigenvalue weighted by molar-refractivity contribution is 5.96. The first-order chi connectivity index (χ1) is 8.63. The molecular formula is C12H14N4O2. The number of hydrogen-bond acceptors (Lipinski definition) is 5. The van der Waals surface area contributed by atoms with Crippen LogP contribution in [-0.4, -0.2) is 28.3 Å². The van der Waals surface area contributed by atoms with Crippen molar-refractivity contribution >= 4 is 17.3 Å². The highest BCUT2D eigenvalue weighted by Gasteiger charge is 2.14. The molecule has 0 spiro atoms. The summed E-state index contributed by atoms with van der Waals surface area (Å²) in [6.45, 7) is 3.77. The van der Waals surface area contributed by atoms with Crippen LogP contribution in [0.5, 0.6) is 0 Å². The molecule has 0 aromatic carbocycles. The lowest BCUT2D eigenvalue weighted by molar-refractivity contribution is 0.0602. The van der Waals surface area contributed by atoms with Crippen molar-refractivity contribution in [3.8, 4) is 0 Å². The smallest absolute Gasteiger partial charge is 0.340 e. The summed E-state index contributed by atoms with van der Waals surface area (Å²) in [4.78, 5) is 15.6. The van der Waals surface area contributed by atoms with E-state index in [-0.39, 0.29) is 0 Å². The van der Waals surface area contributed by atoms with E-state index in [1.54, 1.807) is 18.5 Å². The fraction of sp³-hybridized carbons (Fsp3) is 0.250. The SMILES string of the molecule is COC(=O)c1ccncc1Nc1c(C)n[nH]c1C. The minimum atomic E-state index is -0.404. The number of hydrogen-bond donors (Lipinski definition) is 2. The number of anilines is 2. The van der Waals surface area contributed by atoms with E-state index in [1.807, 2.05) is 13.8 Å². The molecule has 6 nitrogen and oxygen atoms in total. The Balaban J connectivity index is 2.38. The van der Waals surface area contributed by atoms with Crippen LogP contribution in [-0.2, 0) is 4.74 Å². The van der Waals surface area contributed by atoms with E-state index >= 15 is 0 Å². The molecule has 2 heterocycles. The molecule has 0 saturated carbocycles. The van der Waals surface area contributed by atoms with Gasteiger partial charge in [0.05, 0.1) is 41.6 Å². The average molecular weight is 246 g/mol. The number of aromatic amines is 1. The number of carbonyl (C=O) groups is 1. The van der Waals surface area contributed by atoms with Crippen LogP contribution in [0.25, 0.3) is 0 Å². The number of carbonyl (C=O) groups excluding carboxylic acids is 1. The molecule has 0 saturated heterocycles. The molecule has 0 aliphatic heterocycles. The summed E-state index contributed by atoms with van der Waals surface area (Å²) >= 11 is 0. The van der Waals surface area contributed by atoms with E-state index in [4.69, 9.17) is 4.74 Å². The first-order valence-corrected chi connectivity index (χ1v) is 5.44. The number of aromatic nitrogens is 3. The summed E-state index contributed by atoms with van der Waals surface area (Å²) in [5, 5.41) is 10.1. The summed E-state index contributed by atoms with van der Waals surface area (Å²) in [5.41, 5.74) is 3.59. The van der Waals surface area contributed by atoms with Gasteiger partial charge in [-0.05, 0) is 19.9 Å². The van der Waals surface area contributed by atoms with Gasteiger partial charge in [-0.2, -0.15) is 5.10 Å². The van der Waals surface area contributed by atoms with E-state index < -0.39 is 5.97 Å². The maximum Gasteiger partial charge on any atom is 0.340 e. The monoisotopic (exact) mass is 246 g/mol. The molecule has 0 aliphatic rings. The van der Waals surface area contributed by atoms with Gasteiger partial charge in [0.1, 0.15) is 0 Å². The van der Waals surface area contributed by atoms with Crippen LogP contribution in [0.4, 0.5) is 11.4 Å². The minimum absolute atomic E-state index is 0.404. The van der Waals surface area contributed by atoms with Crippen LogP contribution in [0.2, 0.25) is 0 Å². The van der Waals surface area contributed by atoms with Crippen molar-refractivity contribution in [3.63, 3.8) is 0 Å². The average Bonchev–Trinajstić information content (AvgIpc) is 2.70. The molecule has 2 aromatic rings. The lowest BCUT2D eigenvalue weighted by atomic mass is 10.2. The van der Waals surface area contributed by atoms with E-state index in [0.29, 0.717) is 11.3 Å². The first-order valence-electron chi connectivity index (χ1n) is 5.44. The molecule has 0 amide bonds. The molecule has 0 radical (unpaired) electrons. The van der Waals surface area contributed by atoms with Crippen molar-refractivity contribution < 1.29 is 9.53 Å². The lowest BCUT2D eigenvalue weighted by Gasteiger charge is -2.10. The number of nitrogens with one attached hydrogen (secondary N) is 2. The van der Waals surface area contributed by atoms with Gasteiger partial charge in [0.25, 0.3) is 0 Å². The molecule has 0 unspecified atom stereocenters. The molecule has 2 aromatic heterocycles. The summed E-state index contributed by atoms with van der Waals surface area (Å²) in [7, 11) is 1.35. The molecular weight excluding hydrogens is 232 g/mol. The van der Waals surface area contributed by atoms with Crippen LogP contribution in [0, 0.1) is 13.8 Å². The Bertz CT molecular complexity index is 558. The molecule has 0 aliphatic carbocycles. The predicted octanol–water partition coefficient (Wildman–Crippen LogP) is 1.95. The maximum atomic E-state index is 11.6. The second-order valence-electron chi connectivity index (χ2n) is 3.85. The third kappa shape index (κ3) is 2.17. The van der Waals surface area contributed by atoms with Gasteiger partial charge in [-0.3, -0.25) is 10.1 Å². The molecule has 2 rings (SSSR count). The molecule has 0 bridgehead atoms. The van der Waals surface area contributed by atoms with E-state index in [9.17, 15) is 4.79 Å². The topological polar surface area (TPSA) is 79.9 Å². The Hall–Kier alpha value is -2.37. The van der Waals surface area contributed by atoms with Crippen LogP contribution < -0.4 is 5.32 Å². The standard InChI is InChI=1S/C12H14N4O2/c1-7-11(8(2)16-15-7)14-10-6-13-5-4-9(10)12(17)18-3/h4-6,14H,1-3H3,(H,15,16). The third-order valence-corrected chi connectivity index (χ3v) is 2.61. The van der Waals surface area contributed by atoms with Crippen LogP contribution in [0.3, 0.4) is 0 Å². The minimum Gasteiger partial charge on any atom is -0.465 e. The van der Waals surface area contributed by atoms with Crippen molar-refractivity contribution in [2.75, 3.05) is 12.4 Å². The van der Waals surface area contributed by atoms with Gasteiger partial charge in [-0.25, -0.2) is 4.79 Å². The summed E-state index contributed by atoms with van der Waals surface area (Å²) in [5.74, 6) is -0.404. The van der Waals surface area contributed by atoms with Gasteiger partial charge in [-0.1, -0.05) is 0 Å². The predicted molar refractivity (Wildman–Crippen MR) is 66.9 cm³/mol. The number of ether oxygens (including phenoxy) is 1. The van der Waals surface area contributed by atoms with Crippen molar-refractivity contribution in [1.29, 1.82) is 0 Å². The first kappa shape index (κ1) is 12.1. The van der Waals surface area contributed by atoms with Crippen molar-refractivity contribution in [2.45, 2.75) is 13.8 Å². The number of rotatable bonds is 3. The second-order valence-corrected chi connectivity index (χ2v) is 3.85. The number of methoxy groups -OCH3 is 1. The zero-order valence-corrected chi connectivity index (χ0v) is 10.4. The highest BCUT2D eigenvalue weighted by Crippen LogP contribution is 2.24. The second kappa shape index (κ2) is 4.87. The van der Waals surface area contributed by atoms with Gasteiger partial charge in [0.15, 0.2) is 0 Å². The Morgan fingerprint density at radius 2 is 2.22 bits per heavy atom. The fourth-order valence-electron chi connectivity index (χ4n) is 1.65. The Kier molecular flexibility index (Phi) is 3.27. The number of esters is 1. The van der Waals surface area contributed by atoms with Gasteiger partial charge >= 0.3 is 5.97 Å². The van der Waals surface area contributed by atoms with Gasteiger partial charge < -0.3 is 10.1 Å². The van der Waals surface area contributed by atoms with Crippen LogP contribution in [0.15, 0.2) is 18.5 Å². The van der Waals surface area contributed by atoms with Crippen molar-refractivity contribution in [2.24, 2.45) is 0 Å². The number of nitrogens with zero attached hydrogens (tertiary/aromatic N) is 2. The lowest BCUT2D eigenvalue weighted by Crippen LogP contribution is -2.06. The zero-order valence-electron chi connectivity index (χ0n) is 10.4. The quantitative estimate of drug-likeness (QED) is 0.809. The number of aryl methyl sites for hydroxylation is 2. The third-order valence-electron chi connectivity index (χ3n) is 2.61. The Labute approximate surface area is 104 Å². The Morgan fingerprint density at radius 1 is 1.44 bits per heavy atom. The summed E-state index contributed by atoms with van der Waals surface area (Å²) in [6.07, 6.45) is 3.13. The highest BCUT2D eigenvalue weighted by atomic mass is 16.5. The zero-order chi connectivity index (χ0) is 13.1. The number of H-pyrrole nitrogens is 1. The normalized spacial score (nSPS) is 10.2. The van der Waals surface area contributed by atoms with E-state index in [0.717, 1.165) is 17.1 Å². The van der Waals surface area contributed by atoms with Crippen LogP contribution in [0.1, 0.15) is 21.7 Å². The van der Waals surface area contributed by atoms with Crippen molar-refractivity contribution in [1.82, 2.24) is 15.2 Å². The summed E-state index contributed by atoms with van der Waals surface area (Å²) in [6, 6.07) is 1.61. The van der Waals surface area contributed by atoms with Crippen LogP contribution >= 0.6 is 0 Å². The van der Waals surface area contributed by atoms with E-state index in [2.05, 4.69) is 20.5 Å². The number of pyridine rings is 1. The van der Waals surface area contributed by atoms with E-state index in [1.165, 1.54) is 7.11 Å². The molecule has 2 N–H and O–H groups in total. The van der Waals surface area contributed by atoms with Crippen molar-refractivity contribution in [3.05, 3.63) is 35.4 Å².